The van der Waals surface area contributed by atoms with Crippen molar-refractivity contribution in [1.82, 2.24) is 14.9 Å². The average Bonchev–Trinajstić information content (AvgIpc) is 3.89. The molecule has 61 heavy (non-hydrogen) atoms. The second-order valence-electron chi connectivity index (χ2n) is 15.1. The molecule has 5 unspecified atom stereocenters. The zero-order chi connectivity index (χ0) is 41.9. The standard InChI is InChI=1S/C47H35F4N3O7/c48-29-16-27-33(18-31(29)50)52-40-36(27)38-39(46(57)53-45(38)56)37-28-17-30(49)32(51)19-34(28)54(41(37)40)47-44(60-23-26-14-8-3-9-15-26)43(59-22-25-12-6-2-7-13-25)42(35(20-55)61-47)58-21-24-10-4-1-5-11-24/h1-19,35,42-44,47,52,55H,20-23H2,(H,53,56,57). The lowest BCUT2D eigenvalue weighted by molar-refractivity contribution is -0.286. The molecule has 4 heterocycles. The fraction of sp³-hybridized carbons (Fsp3) is 0.191. The normalized spacial score (nSPS) is 20.3. The molecule has 10 nitrogen and oxygen atoms in total. The molecule has 5 atom stereocenters. The van der Waals surface area contributed by atoms with Crippen LogP contribution in [0.1, 0.15) is 43.6 Å². The van der Waals surface area contributed by atoms with Crippen molar-refractivity contribution in [2.75, 3.05) is 6.61 Å². The zero-order valence-corrected chi connectivity index (χ0v) is 32.0. The van der Waals surface area contributed by atoms with Gasteiger partial charge < -0.3 is 33.6 Å². The molecule has 10 rings (SSSR count). The second-order valence-corrected chi connectivity index (χ2v) is 15.1. The van der Waals surface area contributed by atoms with Crippen LogP contribution < -0.4 is 5.32 Å². The van der Waals surface area contributed by atoms with Gasteiger partial charge in [0.2, 0.25) is 0 Å². The molecule has 2 amide bonds. The Kier molecular flexibility index (Phi) is 9.89. The molecule has 0 bridgehead atoms. The van der Waals surface area contributed by atoms with E-state index in [0.717, 1.165) is 41.0 Å². The van der Waals surface area contributed by atoms with Gasteiger partial charge >= 0.3 is 0 Å². The lowest BCUT2D eigenvalue weighted by Crippen LogP contribution is -2.59. The Morgan fingerprint density at radius 3 is 1.67 bits per heavy atom. The summed E-state index contributed by atoms with van der Waals surface area (Å²) in [7, 11) is 0. The van der Waals surface area contributed by atoms with Crippen molar-refractivity contribution in [2.24, 2.45) is 0 Å². The maximum atomic E-state index is 15.7. The number of aromatic nitrogens is 2. The number of nitrogens with zero attached hydrogens (tertiary/aromatic N) is 1. The number of imide groups is 1. The Labute approximate surface area is 344 Å². The number of carbonyl (C=O) groups is 2. The Morgan fingerprint density at radius 2 is 1.10 bits per heavy atom. The lowest BCUT2D eigenvalue weighted by Gasteiger charge is -2.46. The molecule has 308 valence electrons. The van der Waals surface area contributed by atoms with E-state index in [-0.39, 0.29) is 74.6 Å². The summed E-state index contributed by atoms with van der Waals surface area (Å²) in [5.74, 6) is -6.49. The molecule has 2 aliphatic rings. The van der Waals surface area contributed by atoms with Crippen LogP contribution in [-0.2, 0) is 38.8 Å². The van der Waals surface area contributed by atoms with Crippen molar-refractivity contribution in [2.45, 2.75) is 50.5 Å². The van der Waals surface area contributed by atoms with E-state index in [9.17, 15) is 23.5 Å². The van der Waals surface area contributed by atoms with Crippen LogP contribution >= 0.6 is 0 Å². The molecule has 2 aromatic heterocycles. The monoisotopic (exact) mass is 829 g/mol. The van der Waals surface area contributed by atoms with Gasteiger partial charge in [-0.3, -0.25) is 14.9 Å². The van der Waals surface area contributed by atoms with Gasteiger partial charge in [0, 0.05) is 39.2 Å². The highest BCUT2D eigenvalue weighted by Crippen LogP contribution is 2.48. The lowest BCUT2D eigenvalue weighted by atomic mass is 9.95. The average molecular weight is 830 g/mol. The van der Waals surface area contributed by atoms with E-state index in [0.29, 0.717) is 0 Å². The number of ether oxygens (including phenoxy) is 4. The first-order valence-corrected chi connectivity index (χ1v) is 19.6. The van der Waals surface area contributed by atoms with Crippen LogP contribution in [0.5, 0.6) is 0 Å². The van der Waals surface area contributed by atoms with Crippen LogP contribution in [0.25, 0.3) is 43.6 Å². The topological polar surface area (TPSA) is 124 Å². The summed E-state index contributed by atoms with van der Waals surface area (Å²) in [6, 6.07) is 31.8. The van der Waals surface area contributed by atoms with E-state index in [1.807, 2.05) is 91.0 Å². The van der Waals surface area contributed by atoms with Crippen LogP contribution in [-0.4, -0.2) is 57.5 Å². The van der Waals surface area contributed by atoms with E-state index in [2.05, 4.69) is 10.3 Å². The van der Waals surface area contributed by atoms with Gasteiger partial charge in [0.05, 0.1) is 54.1 Å². The molecule has 6 aromatic carbocycles. The molecule has 2 aliphatic heterocycles. The molecule has 3 N–H and O–H groups in total. The van der Waals surface area contributed by atoms with Gasteiger partial charge in [0.1, 0.15) is 24.4 Å². The van der Waals surface area contributed by atoms with Crippen molar-refractivity contribution < 1.29 is 51.2 Å². The minimum atomic E-state index is -1.36. The fourth-order valence-corrected chi connectivity index (χ4v) is 8.74. The Bertz CT molecular complexity index is 3000. The number of benzene rings is 6. The Morgan fingerprint density at radius 1 is 0.607 bits per heavy atom. The third-order valence-electron chi connectivity index (χ3n) is 11.5. The van der Waals surface area contributed by atoms with E-state index < -0.39 is 72.3 Å². The highest BCUT2D eigenvalue weighted by molar-refractivity contribution is 6.39. The molecule has 0 saturated carbocycles. The van der Waals surface area contributed by atoms with Crippen LogP contribution in [0, 0.1) is 23.3 Å². The Balaban J connectivity index is 1.25. The van der Waals surface area contributed by atoms with E-state index in [1.54, 1.807) is 0 Å². The minimum Gasteiger partial charge on any atom is -0.394 e. The quantitative estimate of drug-likeness (QED) is 0.0883. The van der Waals surface area contributed by atoms with Crippen LogP contribution in [0.3, 0.4) is 0 Å². The molecule has 1 fully saturated rings. The number of hydrogen-bond acceptors (Lipinski definition) is 7. The summed E-state index contributed by atoms with van der Waals surface area (Å²) in [5, 5.41) is 13.6. The number of aliphatic hydroxyl groups is 1. The Hall–Kier alpha value is -6.42. The van der Waals surface area contributed by atoms with Gasteiger partial charge in [-0.05, 0) is 28.8 Å². The van der Waals surface area contributed by atoms with Gasteiger partial charge in [-0.25, -0.2) is 17.6 Å². The van der Waals surface area contributed by atoms with Crippen molar-refractivity contribution in [1.29, 1.82) is 0 Å². The third kappa shape index (κ3) is 6.63. The predicted octanol–water partition coefficient (Wildman–Crippen LogP) is 8.51. The minimum absolute atomic E-state index is 0.0124. The number of rotatable bonds is 11. The summed E-state index contributed by atoms with van der Waals surface area (Å²) < 4.78 is 89.5. The van der Waals surface area contributed by atoms with Gasteiger partial charge in [0.15, 0.2) is 29.5 Å². The number of aliphatic hydroxyl groups excluding tert-OH is 1. The molecule has 0 spiro atoms. The number of nitrogens with one attached hydrogen (secondary N) is 2. The van der Waals surface area contributed by atoms with Crippen LogP contribution in [0.15, 0.2) is 115 Å². The summed E-state index contributed by atoms with van der Waals surface area (Å²) in [5.41, 5.74) is 2.42. The van der Waals surface area contributed by atoms with Crippen molar-refractivity contribution in [3.63, 3.8) is 0 Å². The summed E-state index contributed by atoms with van der Waals surface area (Å²) in [6.07, 6.45) is -5.63. The smallest absolute Gasteiger partial charge is 0.259 e. The van der Waals surface area contributed by atoms with Crippen molar-refractivity contribution in [3.8, 4) is 0 Å². The molecule has 14 heteroatoms. The van der Waals surface area contributed by atoms with Gasteiger partial charge in [0.25, 0.3) is 11.8 Å². The van der Waals surface area contributed by atoms with E-state index >= 15 is 8.78 Å². The van der Waals surface area contributed by atoms with Crippen LogP contribution in [0.2, 0.25) is 0 Å². The molecule has 0 aliphatic carbocycles. The SMILES string of the molecule is O=C1NC(=O)c2c1c1c3cc(F)c(F)cc3[nH]c1c1c2c2cc(F)c(F)cc2n1C1OC(CO)C(OCc2ccccc2)C(OCc2ccccc2)C1OCc1ccccc1. The van der Waals surface area contributed by atoms with Gasteiger partial charge in [-0.2, -0.15) is 0 Å². The largest absolute Gasteiger partial charge is 0.394 e. The number of hydrogen-bond donors (Lipinski definition) is 3. The van der Waals surface area contributed by atoms with Gasteiger partial charge in [-0.1, -0.05) is 91.0 Å². The summed E-state index contributed by atoms with van der Waals surface area (Å²) in [4.78, 5) is 30.6. The number of amides is 2. The predicted molar refractivity (Wildman–Crippen MR) is 216 cm³/mol. The highest BCUT2D eigenvalue weighted by Gasteiger charge is 2.50. The first-order chi connectivity index (χ1) is 29.7. The summed E-state index contributed by atoms with van der Waals surface area (Å²) >= 11 is 0. The number of halogens is 4. The molecular weight excluding hydrogens is 795 g/mol. The van der Waals surface area contributed by atoms with Gasteiger partial charge in [-0.15, -0.1) is 0 Å². The summed E-state index contributed by atoms with van der Waals surface area (Å²) in [6.45, 7) is -0.401. The fourth-order valence-electron chi connectivity index (χ4n) is 8.74. The third-order valence-corrected chi connectivity index (χ3v) is 11.5. The number of aromatic amines is 1. The zero-order valence-electron chi connectivity index (χ0n) is 32.0. The maximum absolute atomic E-state index is 15.7. The van der Waals surface area contributed by atoms with Crippen molar-refractivity contribution >= 4 is 55.4 Å². The van der Waals surface area contributed by atoms with Crippen LogP contribution in [0.4, 0.5) is 17.6 Å². The first kappa shape index (κ1) is 38.8. The van der Waals surface area contributed by atoms with E-state index in [1.165, 1.54) is 4.57 Å². The highest BCUT2D eigenvalue weighted by atomic mass is 19.2. The number of carbonyl (C=O) groups excluding carboxylic acids is 2. The number of H-pyrrole nitrogens is 1. The van der Waals surface area contributed by atoms with E-state index in [4.69, 9.17) is 18.9 Å². The molecule has 8 aromatic rings. The number of fused-ring (bicyclic) bond motifs is 10. The van der Waals surface area contributed by atoms with Crippen molar-refractivity contribution in [3.05, 3.63) is 166 Å². The second kappa shape index (κ2) is 15.6. The maximum Gasteiger partial charge on any atom is 0.259 e. The molecule has 0 radical (unpaired) electrons. The molecule has 1 saturated heterocycles. The first-order valence-electron chi connectivity index (χ1n) is 19.6. The molecular formula is C47H35F4N3O7.